The first-order valence-electron chi connectivity index (χ1n) is 4.89. The second kappa shape index (κ2) is 3.37. The predicted octanol–water partition coefficient (Wildman–Crippen LogP) is 2.82. The smallest absolute Gasteiger partial charge is 0.104 e. The number of para-hydroxylation sites is 1. The van der Waals surface area contributed by atoms with Crippen LogP contribution in [-0.2, 0) is 0 Å². The zero-order chi connectivity index (χ0) is 10.1. The van der Waals surface area contributed by atoms with Gasteiger partial charge in [-0.3, -0.25) is 0 Å². The van der Waals surface area contributed by atoms with E-state index in [-0.39, 0.29) is 0 Å². The lowest BCUT2D eigenvalue weighted by Gasteiger charge is -2.10. The number of hydrogen-bond donors (Lipinski definition) is 0. The van der Waals surface area contributed by atoms with E-state index in [9.17, 15) is 0 Å². The first kappa shape index (κ1) is 9.13. The maximum atomic E-state index is 5.38. The summed E-state index contributed by atoms with van der Waals surface area (Å²) in [5.41, 5.74) is 2.35. The molecule has 0 aliphatic carbocycles. The van der Waals surface area contributed by atoms with Gasteiger partial charge < -0.3 is 4.84 Å². The van der Waals surface area contributed by atoms with Crippen LogP contribution in [0.5, 0.6) is 0 Å². The molecule has 0 aliphatic rings. The first-order valence-corrected chi connectivity index (χ1v) is 4.89. The summed E-state index contributed by atoms with van der Waals surface area (Å²) in [5, 5.41) is 1.23. The Bertz CT molecular complexity index is 443. The zero-order valence-electron chi connectivity index (χ0n) is 8.82. The Balaban J connectivity index is 2.72. The second-order valence-corrected chi connectivity index (χ2v) is 3.76. The van der Waals surface area contributed by atoms with Crippen LogP contribution in [0.3, 0.4) is 0 Å². The van der Waals surface area contributed by atoms with Crippen molar-refractivity contribution in [2.45, 2.75) is 19.8 Å². The van der Waals surface area contributed by atoms with Crippen LogP contribution < -0.4 is 4.84 Å². The molecule has 74 valence electrons. The summed E-state index contributed by atoms with van der Waals surface area (Å²) in [4.78, 5) is 5.38. The van der Waals surface area contributed by atoms with Gasteiger partial charge in [-0.1, -0.05) is 32.0 Å². The minimum Gasteiger partial charge on any atom is -0.417 e. The van der Waals surface area contributed by atoms with Crippen molar-refractivity contribution in [1.29, 1.82) is 0 Å². The van der Waals surface area contributed by atoms with Crippen LogP contribution in [0, 0.1) is 0 Å². The molecular formula is C12H15NO. The molecule has 0 saturated carbocycles. The van der Waals surface area contributed by atoms with Gasteiger partial charge in [0.05, 0.1) is 11.2 Å². The van der Waals surface area contributed by atoms with Gasteiger partial charge in [0.15, 0.2) is 0 Å². The number of nitrogens with zero attached hydrogens (tertiary/aromatic N) is 1. The van der Waals surface area contributed by atoms with E-state index in [1.54, 1.807) is 7.11 Å². The van der Waals surface area contributed by atoms with Crippen LogP contribution in [0.25, 0.3) is 10.9 Å². The van der Waals surface area contributed by atoms with Crippen LogP contribution in [0.1, 0.15) is 25.5 Å². The number of rotatable bonds is 2. The number of aromatic nitrogens is 1. The quantitative estimate of drug-likeness (QED) is 0.708. The Hall–Kier alpha value is -1.44. The van der Waals surface area contributed by atoms with Gasteiger partial charge in [-0.05, 0) is 18.1 Å². The molecule has 2 rings (SSSR count). The van der Waals surface area contributed by atoms with Gasteiger partial charge >= 0.3 is 0 Å². The Morgan fingerprint density at radius 3 is 2.57 bits per heavy atom. The molecular weight excluding hydrogens is 174 g/mol. The van der Waals surface area contributed by atoms with Crippen LogP contribution in [0.15, 0.2) is 30.3 Å². The van der Waals surface area contributed by atoms with Crippen molar-refractivity contribution in [3.63, 3.8) is 0 Å². The van der Waals surface area contributed by atoms with E-state index in [1.165, 1.54) is 11.1 Å². The molecule has 0 saturated heterocycles. The largest absolute Gasteiger partial charge is 0.417 e. The highest BCUT2D eigenvalue weighted by Crippen LogP contribution is 2.23. The summed E-state index contributed by atoms with van der Waals surface area (Å²) in [7, 11) is 1.71. The monoisotopic (exact) mass is 189 g/mol. The second-order valence-electron chi connectivity index (χ2n) is 3.76. The average molecular weight is 189 g/mol. The lowest BCUT2D eigenvalue weighted by Crippen LogP contribution is -2.10. The molecule has 0 aliphatic heterocycles. The molecule has 2 nitrogen and oxygen atoms in total. The van der Waals surface area contributed by atoms with Crippen molar-refractivity contribution in [3.8, 4) is 0 Å². The molecule has 0 spiro atoms. The zero-order valence-corrected chi connectivity index (χ0v) is 8.82. The SMILES string of the molecule is COn1c(C(C)C)cc2ccccc21. The molecule has 0 unspecified atom stereocenters. The molecule has 0 fully saturated rings. The molecule has 0 N–H and O–H groups in total. The first-order chi connectivity index (χ1) is 6.74. The highest BCUT2D eigenvalue weighted by molar-refractivity contribution is 5.81. The van der Waals surface area contributed by atoms with Gasteiger partial charge in [-0.25, -0.2) is 0 Å². The van der Waals surface area contributed by atoms with E-state index in [2.05, 4.69) is 32.0 Å². The molecule has 0 atom stereocenters. The third-order valence-electron chi connectivity index (χ3n) is 2.47. The van der Waals surface area contributed by atoms with Crippen molar-refractivity contribution in [3.05, 3.63) is 36.0 Å². The average Bonchev–Trinajstić information content (AvgIpc) is 2.56. The summed E-state index contributed by atoms with van der Waals surface area (Å²) in [5.74, 6) is 0.474. The molecule has 1 aromatic heterocycles. The summed E-state index contributed by atoms with van der Waals surface area (Å²) in [6.45, 7) is 4.34. The molecule has 0 amide bonds. The van der Waals surface area contributed by atoms with Crippen molar-refractivity contribution in [2.75, 3.05) is 7.11 Å². The van der Waals surface area contributed by atoms with Crippen LogP contribution in [0.2, 0.25) is 0 Å². The Morgan fingerprint density at radius 1 is 1.21 bits per heavy atom. The molecule has 0 bridgehead atoms. The van der Waals surface area contributed by atoms with E-state index >= 15 is 0 Å². The maximum absolute atomic E-state index is 5.38. The lowest BCUT2D eigenvalue weighted by atomic mass is 10.1. The van der Waals surface area contributed by atoms with E-state index in [1.807, 2.05) is 16.9 Å². The van der Waals surface area contributed by atoms with Crippen molar-refractivity contribution >= 4 is 10.9 Å². The summed E-state index contributed by atoms with van der Waals surface area (Å²) < 4.78 is 1.90. The molecule has 2 aromatic rings. The predicted molar refractivity (Wildman–Crippen MR) is 58.5 cm³/mol. The Kier molecular flexibility index (Phi) is 2.20. The molecule has 1 aromatic carbocycles. The van der Waals surface area contributed by atoms with E-state index in [4.69, 9.17) is 4.84 Å². The van der Waals surface area contributed by atoms with E-state index < -0.39 is 0 Å². The molecule has 1 heterocycles. The van der Waals surface area contributed by atoms with Gasteiger partial charge in [0.2, 0.25) is 0 Å². The van der Waals surface area contributed by atoms with Crippen LogP contribution in [0.4, 0.5) is 0 Å². The highest BCUT2D eigenvalue weighted by Gasteiger charge is 2.10. The fourth-order valence-electron chi connectivity index (χ4n) is 1.76. The van der Waals surface area contributed by atoms with Gasteiger partial charge in [0.1, 0.15) is 7.11 Å². The van der Waals surface area contributed by atoms with Gasteiger partial charge in [-0.2, -0.15) is 4.73 Å². The van der Waals surface area contributed by atoms with Crippen LogP contribution >= 0.6 is 0 Å². The van der Waals surface area contributed by atoms with Gasteiger partial charge in [0, 0.05) is 5.39 Å². The third-order valence-corrected chi connectivity index (χ3v) is 2.47. The van der Waals surface area contributed by atoms with Gasteiger partial charge in [-0.15, -0.1) is 0 Å². The number of fused-ring (bicyclic) bond motifs is 1. The fraction of sp³-hybridized carbons (Fsp3) is 0.333. The molecule has 0 radical (unpaired) electrons. The van der Waals surface area contributed by atoms with Gasteiger partial charge in [0.25, 0.3) is 0 Å². The topological polar surface area (TPSA) is 14.2 Å². The van der Waals surface area contributed by atoms with Crippen molar-refractivity contribution in [2.24, 2.45) is 0 Å². The minimum atomic E-state index is 0.474. The van der Waals surface area contributed by atoms with E-state index in [0.717, 1.165) is 5.52 Å². The van der Waals surface area contributed by atoms with Crippen molar-refractivity contribution < 1.29 is 4.84 Å². The Labute approximate surface area is 84.1 Å². The summed E-state index contributed by atoms with van der Waals surface area (Å²) in [6, 6.07) is 10.4. The minimum absolute atomic E-state index is 0.474. The van der Waals surface area contributed by atoms with Crippen molar-refractivity contribution in [1.82, 2.24) is 4.73 Å². The fourth-order valence-corrected chi connectivity index (χ4v) is 1.76. The summed E-state index contributed by atoms with van der Waals surface area (Å²) in [6.07, 6.45) is 0. The molecule has 2 heteroatoms. The van der Waals surface area contributed by atoms with Crippen LogP contribution in [-0.4, -0.2) is 11.8 Å². The number of hydrogen-bond acceptors (Lipinski definition) is 1. The Morgan fingerprint density at radius 2 is 1.93 bits per heavy atom. The standard InChI is InChI=1S/C12H15NO/c1-9(2)12-8-10-6-4-5-7-11(10)13(12)14-3/h4-9H,1-3H3. The third kappa shape index (κ3) is 1.27. The number of benzene rings is 1. The highest BCUT2D eigenvalue weighted by atomic mass is 16.6. The normalized spacial score (nSPS) is 11.1. The molecule has 14 heavy (non-hydrogen) atoms. The summed E-state index contributed by atoms with van der Waals surface area (Å²) >= 11 is 0. The lowest BCUT2D eigenvalue weighted by molar-refractivity contribution is 0.169. The maximum Gasteiger partial charge on any atom is 0.104 e. The van der Waals surface area contributed by atoms with E-state index in [0.29, 0.717) is 5.92 Å².